The molecule has 1 aliphatic heterocycles. The number of benzene rings is 1. The fourth-order valence-corrected chi connectivity index (χ4v) is 2.29. The van der Waals surface area contributed by atoms with E-state index in [1.807, 2.05) is 0 Å². The number of ether oxygens (including phenoxy) is 1. The van der Waals surface area contributed by atoms with Gasteiger partial charge in [-0.2, -0.15) is 0 Å². The Hall–Kier alpha value is -1.91. The van der Waals surface area contributed by atoms with E-state index < -0.39 is 12.0 Å². The largest absolute Gasteiger partial charge is 0.467 e. The number of hydrogen-bond acceptors (Lipinski definition) is 3. The fraction of sp³-hybridized carbons (Fsp3) is 0.429. The van der Waals surface area contributed by atoms with Gasteiger partial charge in [0.1, 0.15) is 11.9 Å². The van der Waals surface area contributed by atoms with E-state index in [2.05, 4.69) is 0 Å². The summed E-state index contributed by atoms with van der Waals surface area (Å²) in [6.45, 7) is 0.304. The van der Waals surface area contributed by atoms with E-state index in [1.54, 1.807) is 12.1 Å². The van der Waals surface area contributed by atoms with E-state index >= 15 is 0 Å². The quantitative estimate of drug-likeness (QED) is 0.784. The maximum atomic E-state index is 12.8. The Morgan fingerprint density at radius 2 is 2.11 bits per heavy atom. The maximum Gasteiger partial charge on any atom is 0.328 e. The first-order valence-corrected chi connectivity index (χ1v) is 6.23. The van der Waals surface area contributed by atoms with Crippen molar-refractivity contribution in [2.45, 2.75) is 31.8 Å². The van der Waals surface area contributed by atoms with Gasteiger partial charge in [-0.25, -0.2) is 9.18 Å². The summed E-state index contributed by atoms with van der Waals surface area (Å²) in [6.07, 6.45) is 1.74. The molecule has 1 saturated heterocycles. The van der Waals surface area contributed by atoms with E-state index in [-0.39, 0.29) is 11.7 Å². The summed E-state index contributed by atoms with van der Waals surface area (Å²) in [5.74, 6) is -0.778. The van der Waals surface area contributed by atoms with Crippen LogP contribution in [0, 0.1) is 5.82 Å². The van der Waals surface area contributed by atoms with Crippen LogP contribution in [0.3, 0.4) is 0 Å². The monoisotopic (exact) mass is 265 g/mol. The molecule has 0 radical (unpaired) electrons. The van der Waals surface area contributed by atoms with Crippen LogP contribution in [0.25, 0.3) is 0 Å². The third-order valence-corrected chi connectivity index (χ3v) is 3.30. The number of methoxy groups -OCH3 is 1. The topological polar surface area (TPSA) is 46.6 Å². The number of piperidine rings is 1. The van der Waals surface area contributed by atoms with Crippen molar-refractivity contribution in [2.75, 3.05) is 7.11 Å². The van der Waals surface area contributed by atoms with E-state index in [0.29, 0.717) is 25.8 Å². The molecule has 0 N–H and O–H groups in total. The smallest absolute Gasteiger partial charge is 0.328 e. The normalized spacial score (nSPS) is 19.4. The second-order valence-electron chi connectivity index (χ2n) is 4.58. The van der Waals surface area contributed by atoms with Gasteiger partial charge in [-0.3, -0.25) is 4.79 Å². The highest BCUT2D eigenvalue weighted by Crippen LogP contribution is 2.21. The summed E-state index contributed by atoms with van der Waals surface area (Å²) < 4.78 is 17.6. The van der Waals surface area contributed by atoms with Gasteiger partial charge >= 0.3 is 5.97 Å². The van der Waals surface area contributed by atoms with Gasteiger partial charge in [0.05, 0.1) is 7.11 Å². The minimum Gasteiger partial charge on any atom is -0.467 e. The van der Waals surface area contributed by atoms with Crippen LogP contribution in [-0.4, -0.2) is 29.9 Å². The summed E-state index contributed by atoms with van der Waals surface area (Å²) in [5.41, 5.74) is 0.797. The van der Waals surface area contributed by atoms with Crippen molar-refractivity contribution < 1.29 is 18.7 Å². The van der Waals surface area contributed by atoms with Gasteiger partial charge in [0.25, 0.3) is 0 Å². The highest BCUT2D eigenvalue weighted by Gasteiger charge is 2.33. The molecule has 0 spiro atoms. The molecule has 1 aromatic rings. The molecule has 1 aromatic carbocycles. The van der Waals surface area contributed by atoms with Crippen LogP contribution in [0.2, 0.25) is 0 Å². The number of esters is 1. The number of carbonyl (C=O) groups is 2. The van der Waals surface area contributed by atoms with Crippen LogP contribution in [0.1, 0.15) is 24.8 Å². The fourth-order valence-electron chi connectivity index (χ4n) is 2.29. The summed E-state index contributed by atoms with van der Waals surface area (Å²) >= 11 is 0. The van der Waals surface area contributed by atoms with E-state index in [0.717, 1.165) is 5.56 Å². The standard InChI is InChI=1S/C14H16FNO3/c1-19-14(18)12-3-2-4-13(17)16(12)9-10-5-7-11(15)8-6-10/h5-8,12H,2-4,9H2,1H3. The minimum absolute atomic E-state index is 0.0639. The molecule has 19 heavy (non-hydrogen) atoms. The Bertz CT molecular complexity index is 472. The predicted molar refractivity (Wildman–Crippen MR) is 66.6 cm³/mol. The lowest BCUT2D eigenvalue weighted by Crippen LogP contribution is -2.47. The Labute approximate surface area is 111 Å². The zero-order chi connectivity index (χ0) is 13.8. The molecule has 0 aliphatic carbocycles. The van der Waals surface area contributed by atoms with Crippen LogP contribution >= 0.6 is 0 Å². The van der Waals surface area contributed by atoms with Gasteiger partial charge in [0, 0.05) is 13.0 Å². The number of rotatable bonds is 3. The summed E-state index contributed by atoms with van der Waals surface area (Å²) in [7, 11) is 1.32. The number of hydrogen-bond donors (Lipinski definition) is 0. The minimum atomic E-state index is -0.531. The number of carbonyl (C=O) groups excluding carboxylic acids is 2. The molecule has 1 atom stereocenters. The summed E-state index contributed by atoms with van der Waals surface area (Å²) in [5, 5.41) is 0. The van der Waals surface area contributed by atoms with Crippen LogP contribution in [0.4, 0.5) is 4.39 Å². The summed E-state index contributed by atoms with van der Waals surface area (Å²) in [4.78, 5) is 25.1. The summed E-state index contributed by atoms with van der Waals surface area (Å²) in [6, 6.07) is 5.39. The van der Waals surface area contributed by atoms with Crippen LogP contribution in [0.5, 0.6) is 0 Å². The van der Waals surface area contributed by atoms with Gasteiger partial charge < -0.3 is 9.64 Å². The third kappa shape index (κ3) is 3.10. The number of nitrogens with zero attached hydrogens (tertiary/aromatic N) is 1. The maximum absolute atomic E-state index is 12.8. The molecule has 1 aliphatic rings. The first-order chi connectivity index (χ1) is 9.11. The van der Waals surface area contributed by atoms with Crippen molar-refractivity contribution in [1.82, 2.24) is 4.90 Å². The number of halogens is 1. The molecular weight excluding hydrogens is 249 g/mol. The molecule has 0 bridgehead atoms. The molecule has 5 heteroatoms. The number of amides is 1. The lowest BCUT2D eigenvalue weighted by molar-refractivity contribution is -0.156. The third-order valence-electron chi connectivity index (χ3n) is 3.30. The average Bonchev–Trinajstić information content (AvgIpc) is 2.42. The van der Waals surface area contributed by atoms with Crippen LogP contribution in [-0.2, 0) is 20.9 Å². The molecule has 0 aromatic heterocycles. The lowest BCUT2D eigenvalue weighted by Gasteiger charge is -2.33. The second-order valence-corrected chi connectivity index (χ2v) is 4.58. The van der Waals surface area contributed by atoms with Gasteiger partial charge in [-0.1, -0.05) is 12.1 Å². The van der Waals surface area contributed by atoms with Gasteiger partial charge in [0.2, 0.25) is 5.91 Å². The highest BCUT2D eigenvalue weighted by molar-refractivity contribution is 5.85. The Balaban J connectivity index is 2.15. The van der Waals surface area contributed by atoms with Crippen molar-refractivity contribution in [1.29, 1.82) is 0 Å². The first-order valence-electron chi connectivity index (χ1n) is 6.23. The average molecular weight is 265 g/mol. The molecular formula is C14H16FNO3. The highest BCUT2D eigenvalue weighted by atomic mass is 19.1. The van der Waals surface area contributed by atoms with Crippen molar-refractivity contribution in [3.63, 3.8) is 0 Å². The Kier molecular flexibility index (Phi) is 4.14. The van der Waals surface area contributed by atoms with Crippen molar-refractivity contribution in [3.8, 4) is 0 Å². The molecule has 4 nitrogen and oxygen atoms in total. The molecule has 102 valence electrons. The van der Waals surface area contributed by atoms with Gasteiger partial charge in [0.15, 0.2) is 0 Å². The molecule has 1 amide bonds. The first kappa shape index (κ1) is 13.5. The SMILES string of the molecule is COC(=O)C1CCCC(=O)N1Cc1ccc(F)cc1. The van der Waals surface area contributed by atoms with Crippen molar-refractivity contribution >= 4 is 11.9 Å². The number of likely N-dealkylation sites (tertiary alicyclic amines) is 1. The zero-order valence-electron chi connectivity index (χ0n) is 10.8. The zero-order valence-corrected chi connectivity index (χ0v) is 10.8. The van der Waals surface area contributed by atoms with E-state index in [1.165, 1.54) is 24.1 Å². The van der Waals surface area contributed by atoms with Gasteiger partial charge in [-0.05, 0) is 30.5 Å². The second kappa shape index (κ2) is 5.82. The Morgan fingerprint density at radius 1 is 1.42 bits per heavy atom. The van der Waals surface area contributed by atoms with Gasteiger partial charge in [-0.15, -0.1) is 0 Å². The van der Waals surface area contributed by atoms with Crippen molar-refractivity contribution in [2.24, 2.45) is 0 Å². The molecule has 1 unspecified atom stereocenters. The molecule has 1 heterocycles. The molecule has 1 fully saturated rings. The van der Waals surface area contributed by atoms with Crippen molar-refractivity contribution in [3.05, 3.63) is 35.6 Å². The lowest BCUT2D eigenvalue weighted by atomic mass is 10.0. The van der Waals surface area contributed by atoms with Crippen LogP contribution < -0.4 is 0 Å². The van der Waals surface area contributed by atoms with Crippen LogP contribution in [0.15, 0.2) is 24.3 Å². The van der Waals surface area contributed by atoms with E-state index in [4.69, 9.17) is 4.74 Å². The predicted octanol–water partition coefficient (Wildman–Crippen LogP) is 1.88. The van der Waals surface area contributed by atoms with E-state index in [9.17, 15) is 14.0 Å². The molecule has 2 rings (SSSR count). The molecule has 0 saturated carbocycles. The Morgan fingerprint density at radius 3 is 2.74 bits per heavy atom.